The number of ether oxygens (including phenoxy) is 2. The Labute approximate surface area is 195 Å². The van der Waals surface area contributed by atoms with Gasteiger partial charge in [0.05, 0.1) is 25.5 Å². The third-order valence-corrected chi connectivity index (χ3v) is 5.66. The lowest BCUT2D eigenvalue weighted by atomic mass is 10.0. The summed E-state index contributed by atoms with van der Waals surface area (Å²) in [6.07, 6.45) is 0. The number of nitrogens with one attached hydrogen (secondary N) is 1. The van der Waals surface area contributed by atoms with Crippen molar-refractivity contribution in [3.05, 3.63) is 88.3 Å². The topological polar surface area (TPSA) is 67.9 Å². The number of imide groups is 1. The molecule has 3 aromatic rings. The minimum absolute atomic E-state index is 0.0404. The number of rotatable bonds is 6. The third kappa shape index (κ3) is 4.27. The Morgan fingerprint density at radius 3 is 2.09 bits per heavy atom. The normalized spacial score (nSPS) is 13.5. The molecular weight excluding hydrogens is 447 g/mol. The number of methoxy groups -OCH3 is 2. The molecule has 3 aromatic carbocycles. The number of benzene rings is 3. The Hall–Kier alpha value is -3.84. The van der Waals surface area contributed by atoms with Gasteiger partial charge < -0.3 is 14.8 Å². The highest BCUT2D eigenvalue weighted by Crippen LogP contribution is 2.36. The summed E-state index contributed by atoms with van der Waals surface area (Å²) >= 11 is 6.24. The second-order valence-electron chi connectivity index (χ2n) is 7.36. The summed E-state index contributed by atoms with van der Waals surface area (Å²) in [6.45, 7) is 1.82. The molecule has 33 heavy (non-hydrogen) atoms. The van der Waals surface area contributed by atoms with Crippen LogP contribution in [0.5, 0.6) is 11.5 Å². The maximum absolute atomic E-state index is 13.5. The van der Waals surface area contributed by atoms with Gasteiger partial charge in [-0.25, -0.2) is 9.29 Å². The molecule has 1 aliphatic heterocycles. The lowest BCUT2D eigenvalue weighted by Gasteiger charge is -2.16. The molecule has 8 heteroatoms. The molecule has 6 nitrogen and oxygen atoms in total. The van der Waals surface area contributed by atoms with E-state index in [2.05, 4.69) is 5.32 Å². The molecule has 0 unspecified atom stereocenters. The zero-order valence-corrected chi connectivity index (χ0v) is 18.9. The Kier molecular flexibility index (Phi) is 6.07. The number of halogens is 2. The molecule has 0 aliphatic carbocycles. The Morgan fingerprint density at radius 1 is 0.879 bits per heavy atom. The fourth-order valence-corrected chi connectivity index (χ4v) is 3.68. The van der Waals surface area contributed by atoms with Crippen LogP contribution in [0.3, 0.4) is 0 Å². The van der Waals surface area contributed by atoms with Crippen LogP contribution in [-0.4, -0.2) is 26.0 Å². The average molecular weight is 467 g/mol. The molecule has 0 atom stereocenters. The van der Waals surface area contributed by atoms with Crippen LogP contribution in [0, 0.1) is 12.7 Å². The first-order valence-electron chi connectivity index (χ1n) is 9.97. The summed E-state index contributed by atoms with van der Waals surface area (Å²) in [5.41, 5.74) is 2.17. The molecule has 168 valence electrons. The molecule has 1 N–H and O–H groups in total. The van der Waals surface area contributed by atoms with Crippen molar-refractivity contribution in [3.8, 4) is 11.5 Å². The van der Waals surface area contributed by atoms with Gasteiger partial charge in [-0.1, -0.05) is 29.8 Å². The van der Waals surface area contributed by atoms with Crippen molar-refractivity contribution >= 4 is 40.4 Å². The van der Waals surface area contributed by atoms with E-state index in [0.29, 0.717) is 33.5 Å². The second-order valence-corrected chi connectivity index (χ2v) is 7.77. The molecule has 1 aliphatic rings. The van der Waals surface area contributed by atoms with E-state index in [4.69, 9.17) is 21.1 Å². The zero-order valence-electron chi connectivity index (χ0n) is 18.1. The first kappa shape index (κ1) is 22.4. The van der Waals surface area contributed by atoms with E-state index in [1.807, 2.05) is 6.92 Å². The molecule has 0 radical (unpaired) electrons. The fourth-order valence-electron chi connectivity index (χ4n) is 3.51. The number of hydrogen-bond acceptors (Lipinski definition) is 5. The molecule has 0 spiro atoms. The van der Waals surface area contributed by atoms with E-state index < -0.39 is 17.6 Å². The number of carbonyl (C=O) groups is 2. The fraction of sp³-hybridized carbons (Fsp3) is 0.120. The smallest absolute Gasteiger partial charge is 0.282 e. The van der Waals surface area contributed by atoms with E-state index in [1.165, 1.54) is 38.5 Å². The third-order valence-electron chi connectivity index (χ3n) is 5.25. The van der Waals surface area contributed by atoms with Crippen LogP contribution >= 0.6 is 11.6 Å². The van der Waals surface area contributed by atoms with Gasteiger partial charge in [0.15, 0.2) is 0 Å². The van der Waals surface area contributed by atoms with E-state index >= 15 is 0 Å². The molecule has 0 saturated heterocycles. The monoisotopic (exact) mass is 466 g/mol. The lowest BCUT2D eigenvalue weighted by molar-refractivity contribution is -0.120. The highest BCUT2D eigenvalue weighted by Gasteiger charge is 2.40. The van der Waals surface area contributed by atoms with Crippen LogP contribution in [0.25, 0.3) is 5.57 Å². The molecule has 0 bridgehead atoms. The van der Waals surface area contributed by atoms with Gasteiger partial charge in [0.1, 0.15) is 23.0 Å². The first-order chi connectivity index (χ1) is 15.8. The number of hydrogen-bond donors (Lipinski definition) is 1. The van der Waals surface area contributed by atoms with Crippen LogP contribution < -0.4 is 19.7 Å². The van der Waals surface area contributed by atoms with Crippen LogP contribution in [0.15, 0.2) is 66.4 Å². The van der Waals surface area contributed by atoms with E-state index in [0.717, 1.165) is 10.5 Å². The molecule has 2 amide bonds. The van der Waals surface area contributed by atoms with Gasteiger partial charge in [-0.2, -0.15) is 0 Å². The van der Waals surface area contributed by atoms with Crippen LogP contribution in [0.1, 0.15) is 11.1 Å². The largest absolute Gasteiger partial charge is 0.497 e. The summed E-state index contributed by atoms with van der Waals surface area (Å²) in [5, 5.41) is 3.47. The summed E-state index contributed by atoms with van der Waals surface area (Å²) in [7, 11) is 3.02. The Bertz CT molecular complexity index is 1270. The van der Waals surface area contributed by atoms with Crippen molar-refractivity contribution in [2.45, 2.75) is 6.92 Å². The van der Waals surface area contributed by atoms with Crippen molar-refractivity contribution in [1.29, 1.82) is 0 Å². The van der Waals surface area contributed by atoms with Crippen molar-refractivity contribution in [3.63, 3.8) is 0 Å². The zero-order chi connectivity index (χ0) is 23.7. The van der Waals surface area contributed by atoms with Crippen molar-refractivity contribution in [2.24, 2.45) is 0 Å². The standard InChI is InChI=1S/C25H20ClFN2O4/c1-14-4-9-18(12-21(14)26)29-24(30)22(15-5-7-16(27)8-6-15)23(25(29)31)28-17-10-19(32-2)13-20(11-17)33-3/h4-13,28H,1-3H3. The van der Waals surface area contributed by atoms with Gasteiger partial charge in [-0.3, -0.25) is 9.59 Å². The maximum Gasteiger partial charge on any atom is 0.282 e. The van der Waals surface area contributed by atoms with Gasteiger partial charge in [-0.15, -0.1) is 0 Å². The SMILES string of the molecule is COc1cc(NC2=C(c3ccc(F)cc3)C(=O)N(c3ccc(C)c(Cl)c3)C2=O)cc(OC)c1. The number of nitrogens with zero attached hydrogens (tertiary/aromatic N) is 1. The van der Waals surface area contributed by atoms with E-state index in [9.17, 15) is 14.0 Å². The van der Waals surface area contributed by atoms with Crippen LogP contribution in [0.4, 0.5) is 15.8 Å². The Balaban J connectivity index is 1.83. The molecule has 1 heterocycles. The van der Waals surface area contributed by atoms with Gasteiger partial charge >= 0.3 is 0 Å². The molecule has 4 rings (SSSR count). The van der Waals surface area contributed by atoms with Gasteiger partial charge in [0, 0.05) is 28.9 Å². The second kappa shape index (κ2) is 8.96. The summed E-state index contributed by atoms with van der Waals surface area (Å²) in [6, 6.07) is 15.3. The molecule has 0 aromatic heterocycles. The van der Waals surface area contributed by atoms with E-state index in [1.54, 1.807) is 36.4 Å². The summed E-state index contributed by atoms with van der Waals surface area (Å²) in [5.74, 6) is -0.574. The molecular formula is C25H20ClFN2O4. The molecule has 0 saturated carbocycles. The predicted octanol–water partition coefficient (Wildman–Crippen LogP) is 5.20. The minimum Gasteiger partial charge on any atom is -0.497 e. The van der Waals surface area contributed by atoms with Gasteiger partial charge in [0.2, 0.25) is 0 Å². The summed E-state index contributed by atoms with van der Waals surface area (Å²) in [4.78, 5) is 28.0. The minimum atomic E-state index is -0.568. The number of aryl methyl sites for hydroxylation is 1. The first-order valence-corrected chi connectivity index (χ1v) is 10.4. The van der Waals surface area contributed by atoms with Crippen LogP contribution in [-0.2, 0) is 9.59 Å². The van der Waals surface area contributed by atoms with Gasteiger partial charge in [0.25, 0.3) is 11.8 Å². The number of carbonyl (C=O) groups excluding carboxylic acids is 2. The Morgan fingerprint density at radius 2 is 1.52 bits per heavy atom. The average Bonchev–Trinajstić information content (AvgIpc) is 3.05. The van der Waals surface area contributed by atoms with Gasteiger partial charge in [-0.05, 0) is 42.3 Å². The predicted molar refractivity (Wildman–Crippen MR) is 125 cm³/mol. The van der Waals surface area contributed by atoms with Crippen LogP contribution in [0.2, 0.25) is 5.02 Å². The quantitative estimate of drug-likeness (QED) is 0.506. The van der Waals surface area contributed by atoms with Crippen molar-refractivity contribution in [1.82, 2.24) is 0 Å². The van der Waals surface area contributed by atoms with E-state index in [-0.39, 0.29) is 11.3 Å². The summed E-state index contributed by atoms with van der Waals surface area (Å²) < 4.78 is 24.1. The maximum atomic E-state index is 13.5. The van der Waals surface area contributed by atoms with Crippen molar-refractivity contribution < 1.29 is 23.5 Å². The highest BCUT2D eigenvalue weighted by atomic mass is 35.5. The highest BCUT2D eigenvalue weighted by molar-refractivity contribution is 6.46. The number of anilines is 2. The molecule has 0 fully saturated rings. The van der Waals surface area contributed by atoms with Crippen molar-refractivity contribution in [2.75, 3.05) is 24.4 Å². The lowest BCUT2D eigenvalue weighted by Crippen LogP contribution is -2.32. The number of amides is 2.